The van der Waals surface area contributed by atoms with Gasteiger partial charge in [-0.3, -0.25) is 9.59 Å². The number of nitrogens with one attached hydrogen (secondary N) is 1. The van der Waals surface area contributed by atoms with Gasteiger partial charge in [0.25, 0.3) is 5.91 Å². The first-order valence-corrected chi connectivity index (χ1v) is 8.07. The van der Waals surface area contributed by atoms with Crippen LogP contribution in [0.1, 0.15) is 29.6 Å². The van der Waals surface area contributed by atoms with Crippen LogP contribution in [0, 0.1) is 5.92 Å². The number of hydrogen-bond donors (Lipinski definition) is 1. The predicted octanol–water partition coefficient (Wildman–Crippen LogP) is 2.33. The van der Waals surface area contributed by atoms with Gasteiger partial charge < -0.3 is 10.2 Å². The van der Waals surface area contributed by atoms with E-state index in [1.807, 2.05) is 18.2 Å². The summed E-state index contributed by atoms with van der Waals surface area (Å²) < 4.78 is 0. The molecule has 106 valence electrons. The van der Waals surface area contributed by atoms with E-state index >= 15 is 0 Å². The lowest BCUT2D eigenvalue weighted by molar-refractivity contribution is -0.117. The average molecular weight is 337 g/mol. The third-order valence-electron chi connectivity index (χ3n) is 3.78. The summed E-state index contributed by atoms with van der Waals surface area (Å²) in [6, 6.07) is 7.68. The van der Waals surface area contributed by atoms with Crippen molar-refractivity contribution in [2.75, 3.05) is 16.8 Å². The fourth-order valence-electron chi connectivity index (χ4n) is 2.51. The van der Waals surface area contributed by atoms with Gasteiger partial charge in [0, 0.05) is 24.3 Å². The average Bonchev–Trinajstić information content (AvgIpc) is 3.19. The Balaban J connectivity index is 1.85. The molecule has 0 radical (unpaired) electrons. The number of amides is 2. The summed E-state index contributed by atoms with van der Waals surface area (Å²) in [6.07, 6.45) is 2.66. The maximum Gasteiger partial charge on any atom is 0.253 e. The number of carbonyl (C=O) groups is 2. The quantitative estimate of drug-likeness (QED) is 0.858. The maximum absolute atomic E-state index is 12.3. The molecule has 4 nitrogen and oxygen atoms in total. The topological polar surface area (TPSA) is 49.4 Å². The van der Waals surface area contributed by atoms with Crippen LogP contribution in [-0.4, -0.2) is 29.7 Å². The molecule has 1 aromatic carbocycles. The van der Waals surface area contributed by atoms with E-state index in [9.17, 15) is 9.59 Å². The van der Waals surface area contributed by atoms with Gasteiger partial charge in [0.05, 0.1) is 11.3 Å². The standard InChI is InChI=1S/C15H17BrN2O2/c16-8-10-7-14(19)18(9-10)13-4-2-1-3-12(13)15(20)17-11-5-6-11/h1-4,10-11H,5-9H2,(H,17,20). The van der Waals surface area contributed by atoms with Crippen LogP contribution in [0.5, 0.6) is 0 Å². The van der Waals surface area contributed by atoms with Crippen molar-refractivity contribution in [1.82, 2.24) is 5.32 Å². The first kappa shape index (κ1) is 13.6. The summed E-state index contributed by atoms with van der Waals surface area (Å²) in [7, 11) is 0. The van der Waals surface area contributed by atoms with Crippen molar-refractivity contribution < 1.29 is 9.59 Å². The van der Waals surface area contributed by atoms with Crippen LogP contribution in [0.4, 0.5) is 5.69 Å². The van der Waals surface area contributed by atoms with Crippen LogP contribution >= 0.6 is 15.9 Å². The first-order valence-electron chi connectivity index (χ1n) is 6.95. The van der Waals surface area contributed by atoms with Crippen molar-refractivity contribution in [2.45, 2.75) is 25.3 Å². The van der Waals surface area contributed by atoms with Crippen LogP contribution < -0.4 is 10.2 Å². The number of rotatable bonds is 4. The lowest BCUT2D eigenvalue weighted by Gasteiger charge is -2.20. The molecule has 3 rings (SSSR count). The van der Waals surface area contributed by atoms with Gasteiger partial charge in [0.15, 0.2) is 0 Å². The molecule has 1 aliphatic carbocycles. The molecular weight excluding hydrogens is 320 g/mol. The molecule has 2 fully saturated rings. The molecule has 1 saturated heterocycles. The second-order valence-electron chi connectivity index (χ2n) is 5.49. The van der Waals surface area contributed by atoms with Crippen molar-refractivity contribution in [1.29, 1.82) is 0 Å². The lowest BCUT2D eigenvalue weighted by atomic mass is 10.1. The summed E-state index contributed by atoms with van der Waals surface area (Å²) in [5, 5.41) is 3.80. The van der Waals surface area contributed by atoms with Gasteiger partial charge in [-0.15, -0.1) is 0 Å². The summed E-state index contributed by atoms with van der Waals surface area (Å²) in [5.74, 6) is 0.348. The molecule has 1 aromatic rings. The molecule has 2 amide bonds. The summed E-state index contributed by atoms with van der Waals surface area (Å²) in [4.78, 5) is 26.1. The minimum atomic E-state index is -0.0711. The van der Waals surface area contributed by atoms with E-state index in [4.69, 9.17) is 0 Å². The fraction of sp³-hybridized carbons (Fsp3) is 0.467. The van der Waals surface area contributed by atoms with E-state index in [0.717, 1.165) is 23.9 Å². The fourth-order valence-corrected chi connectivity index (χ4v) is 2.94. The maximum atomic E-state index is 12.3. The number of para-hydroxylation sites is 1. The highest BCUT2D eigenvalue weighted by Gasteiger charge is 2.32. The Bertz CT molecular complexity index is 542. The van der Waals surface area contributed by atoms with Crippen LogP contribution in [0.3, 0.4) is 0 Å². The van der Waals surface area contributed by atoms with Crippen molar-refractivity contribution in [3.8, 4) is 0 Å². The molecule has 0 aromatic heterocycles. The highest BCUT2D eigenvalue weighted by Crippen LogP contribution is 2.29. The van der Waals surface area contributed by atoms with Crippen molar-refractivity contribution in [2.24, 2.45) is 5.92 Å². The van der Waals surface area contributed by atoms with Gasteiger partial charge in [-0.25, -0.2) is 0 Å². The minimum Gasteiger partial charge on any atom is -0.349 e. The number of anilines is 1. The molecule has 5 heteroatoms. The van der Waals surface area contributed by atoms with E-state index in [1.165, 1.54) is 0 Å². The third-order valence-corrected chi connectivity index (χ3v) is 4.69. The number of carbonyl (C=O) groups excluding carboxylic acids is 2. The van der Waals surface area contributed by atoms with Crippen LogP contribution in [-0.2, 0) is 4.79 Å². The van der Waals surface area contributed by atoms with Crippen molar-refractivity contribution >= 4 is 33.4 Å². The number of alkyl halides is 1. The summed E-state index contributed by atoms with van der Waals surface area (Å²) in [6.45, 7) is 0.678. The van der Waals surface area contributed by atoms with E-state index in [-0.39, 0.29) is 11.8 Å². The van der Waals surface area contributed by atoms with Crippen LogP contribution in [0.2, 0.25) is 0 Å². The number of nitrogens with zero attached hydrogens (tertiary/aromatic N) is 1. The second kappa shape index (κ2) is 5.56. The number of halogens is 1. The number of benzene rings is 1. The Kier molecular flexibility index (Phi) is 3.78. The zero-order valence-corrected chi connectivity index (χ0v) is 12.7. The molecule has 1 atom stereocenters. The smallest absolute Gasteiger partial charge is 0.253 e. The lowest BCUT2D eigenvalue weighted by Crippen LogP contribution is -2.31. The van der Waals surface area contributed by atoms with Gasteiger partial charge in [-0.2, -0.15) is 0 Å². The monoisotopic (exact) mass is 336 g/mol. The molecule has 1 saturated carbocycles. The van der Waals surface area contributed by atoms with E-state index < -0.39 is 0 Å². The first-order chi connectivity index (χ1) is 9.69. The molecule has 0 spiro atoms. The predicted molar refractivity (Wildman–Crippen MR) is 81.2 cm³/mol. The SMILES string of the molecule is O=C(NC1CC1)c1ccccc1N1CC(CBr)CC1=O. The Labute approximate surface area is 126 Å². The molecular formula is C15H17BrN2O2. The van der Waals surface area contributed by atoms with E-state index in [1.54, 1.807) is 11.0 Å². The molecule has 0 bridgehead atoms. The third kappa shape index (κ3) is 2.73. The van der Waals surface area contributed by atoms with Gasteiger partial charge in [0.2, 0.25) is 5.91 Å². The molecule has 1 heterocycles. The Hall–Kier alpha value is -1.36. The molecule has 1 unspecified atom stereocenters. The summed E-state index contributed by atoms with van der Waals surface area (Å²) >= 11 is 3.43. The van der Waals surface area contributed by atoms with Gasteiger partial charge in [0.1, 0.15) is 0 Å². The van der Waals surface area contributed by atoms with Crippen molar-refractivity contribution in [3.63, 3.8) is 0 Å². The zero-order valence-electron chi connectivity index (χ0n) is 11.1. The Morgan fingerprint density at radius 3 is 2.75 bits per heavy atom. The second-order valence-corrected chi connectivity index (χ2v) is 6.14. The molecule has 1 N–H and O–H groups in total. The van der Waals surface area contributed by atoms with E-state index in [2.05, 4.69) is 21.2 Å². The zero-order chi connectivity index (χ0) is 14.1. The minimum absolute atomic E-state index is 0.0711. The molecule has 20 heavy (non-hydrogen) atoms. The van der Waals surface area contributed by atoms with Gasteiger partial charge in [-0.05, 0) is 30.9 Å². The Morgan fingerprint density at radius 1 is 1.35 bits per heavy atom. The number of hydrogen-bond acceptors (Lipinski definition) is 2. The van der Waals surface area contributed by atoms with Gasteiger partial charge >= 0.3 is 0 Å². The normalized spacial score (nSPS) is 22.1. The van der Waals surface area contributed by atoms with Crippen molar-refractivity contribution in [3.05, 3.63) is 29.8 Å². The Morgan fingerprint density at radius 2 is 2.10 bits per heavy atom. The highest BCUT2D eigenvalue weighted by atomic mass is 79.9. The van der Waals surface area contributed by atoms with Gasteiger partial charge in [-0.1, -0.05) is 28.1 Å². The van der Waals surface area contributed by atoms with E-state index in [0.29, 0.717) is 30.5 Å². The molecule has 1 aliphatic heterocycles. The highest BCUT2D eigenvalue weighted by molar-refractivity contribution is 9.09. The largest absolute Gasteiger partial charge is 0.349 e. The van der Waals surface area contributed by atoms with Crippen LogP contribution in [0.25, 0.3) is 0 Å². The van der Waals surface area contributed by atoms with Crippen LogP contribution in [0.15, 0.2) is 24.3 Å². The molecule has 2 aliphatic rings. The summed E-state index contributed by atoms with van der Waals surface area (Å²) in [5.41, 5.74) is 1.34.